The standard InChI is InChI=1S/C11H9BrClF3N2O3/c12-7-3-6(1-2-8(7)13)17-10(21)18(4-9(19)20)5-11(14,15)16/h1-3H,4-5H2,(H,17,21)(H,19,20). The highest BCUT2D eigenvalue weighted by Gasteiger charge is 2.34. The number of anilines is 1. The lowest BCUT2D eigenvalue weighted by Gasteiger charge is -2.22. The molecule has 1 aromatic carbocycles. The summed E-state index contributed by atoms with van der Waals surface area (Å²) in [5, 5.41) is 11.1. The van der Waals surface area contributed by atoms with Gasteiger partial charge in [-0.05, 0) is 34.1 Å². The number of aliphatic carboxylic acids is 1. The van der Waals surface area contributed by atoms with Crippen LogP contribution in [0.2, 0.25) is 5.02 Å². The average molecular weight is 390 g/mol. The third-order valence-electron chi connectivity index (χ3n) is 2.15. The summed E-state index contributed by atoms with van der Waals surface area (Å²) in [5.74, 6) is -1.55. The molecule has 0 aliphatic carbocycles. The van der Waals surface area contributed by atoms with Gasteiger partial charge < -0.3 is 15.3 Å². The molecule has 0 unspecified atom stereocenters. The lowest BCUT2D eigenvalue weighted by Crippen LogP contribution is -2.44. The maximum atomic E-state index is 12.3. The van der Waals surface area contributed by atoms with Crippen molar-refractivity contribution < 1.29 is 27.9 Å². The largest absolute Gasteiger partial charge is 0.480 e. The highest BCUT2D eigenvalue weighted by Crippen LogP contribution is 2.26. The van der Waals surface area contributed by atoms with Crippen LogP contribution < -0.4 is 5.32 Å². The van der Waals surface area contributed by atoms with E-state index in [1.165, 1.54) is 18.2 Å². The molecule has 0 saturated heterocycles. The number of hydrogen-bond acceptors (Lipinski definition) is 2. The van der Waals surface area contributed by atoms with Gasteiger partial charge in [-0.1, -0.05) is 11.6 Å². The van der Waals surface area contributed by atoms with Crippen molar-refractivity contribution in [2.24, 2.45) is 0 Å². The Hall–Kier alpha value is -1.48. The number of urea groups is 1. The minimum Gasteiger partial charge on any atom is -0.480 e. The van der Waals surface area contributed by atoms with E-state index in [1.807, 2.05) is 0 Å². The van der Waals surface area contributed by atoms with E-state index in [0.29, 0.717) is 9.50 Å². The Morgan fingerprint density at radius 2 is 2.00 bits per heavy atom. The summed E-state index contributed by atoms with van der Waals surface area (Å²) in [7, 11) is 0. The minimum absolute atomic E-state index is 0.144. The van der Waals surface area contributed by atoms with E-state index >= 15 is 0 Å². The Bertz CT molecular complexity index is 554. The normalized spacial score (nSPS) is 11.1. The molecule has 10 heteroatoms. The second kappa shape index (κ2) is 6.99. The summed E-state index contributed by atoms with van der Waals surface area (Å²) < 4.78 is 37.4. The number of halogens is 5. The minimum atomic E-state index is -4.70. The molecule has 0 radical (unpaired) electrons. The fourth-order valence-electron chi connectivity index (χ4n) is 1.36. The van der Waals surface area contributed by atoms with Crippen molar-refractivity contribution in [3.63, 3.8) is 0 Å². The third kappa shape index (κ3) is 6.21. The van der Waals surface area contributed by atoms with Crippen LogP contribution in [0.1, 0.15) is 0 Å². The number of hydrogen-bond donors (Lipinski definition) is 2. The maximum Gasteiger partial charge on any atom is 0.406 e. The number of amides is 2. The molecule has 0 heterocycles. The number of carbonyl (C=O) groups excluding carboxylic acids is 1. The Morgan fingerprint density at radius 3 is 2.48 bits per heavy atom. The van der Waals surface area contributed by atoms with Gasteiger partial charge in [0.05, 0.1) is 5.02 Å². The van der Waals surface area contributed by atoms with Gasteiger partial charge in [0, 0.05) is 10.2 Å². The zero-order valence-electron chi connectivity index (χ0n) is 10.2. The zero-order valence-corrected chi connectivity index (χ0v) is 12.6. The van der Waals surface area contributed by atoms with Gasteiger partial charge in [0.2, 0.25) is 0 Å². The number of alkyl halides is 3. The molecule has 1 rings (SSSR count). The summed E-state index contributed by atoms with van der Waals surface area (Å²) in [4.78, 5) is 22.4. The molecule has 116 valence electrons. The fourth-order valence-corrected chi connectivity index (χ4v) is 1.85. The van der Waals surface area contributed by atoms with Gasteiger partial charge in [-0.15, -0.1) is 0 Å². The van der Waals surface area contributed by atoms with Crippen molar-refractivity contribution in [3.05, 3.63) is 27.7 Å². The molecule has 2 N–H and O–H groups in total. The van der Waals surface area contributed by atoms with Crippen molar-refractivity contribution in [2.45, 2.75) is 6.18 Å². The van der Waals surface area contributed by atoms with E-state index in [0.717, 1.165) is 0 Å². The molecule has 1 aromatic rings. The van der Waals surface area contributed by atoms with Crippen LogP contribution in [0.15, 0.2) is 22.7 Å². The second-order valence-corrected chi connectivity index (χ2v) is 5.19. The Labute approximate surface area is 130 Å². The van der Waals surface area contributed by atoms with E-state index in [-0.39, 0.29) is 10.6 Å². The number of carbonyl (C=O) groups is 2. The lowest BCUT2D eigenvalue weighted by atomic mass is 10.3. The molecule has 2 amide bonds. The molecule has 0 spiro atoms. The van der Waals surface area contributed by atoms with Crippen LogP contribution in [0.25, 0.3) is 0 Å². The first-order valence-corrected chi connectivity index (χ1v) is 6.55. The summed E-state index contributed by atoms with van der Waals surface area (Å²) in [5.41, 5.74) is 0.175. The molecule has 0 aliphatic heterocycles. The van der Waals surface area contributed by atoms with Crippen LogP contribution in [0.3, 0.4) is 0 Å². The third-order valence-corrected chi connectivity index (χ3v) is 3.37. The van der Waals surface area contributed by atoms with Crippen molar-refractivity contribution in [3.8, 4) is 0 Å². The predicted molar refractivity (Wildman–Crippen MR) is 73.4 cm³/mol. The Morgan fingerprint density at radius 1 is 1.38 bits per heavy atom. The predicted octanol–water partition coefficient (Wildman–Crippen LogP) is 3.58. The van der Waals surface area contributed by atoms with Crippen LogP contribution in [-0.4, -0.2) is 41.3 Å². The van der Waals surface area contributed by atoms with Gasteiger partial charge in [0.1, 0.15) is 13.1 Å². The molecule has 0 aliphatic rings. The van der Waals surface area contributed by atoms with Crippen LogP contribution in [0.4, 0.5) is 23.7 Å². The summed E-state index contributed by atoms with van der Waals surface area (Å²) in [6, 6.07) is 3.00. The highest BCUT2D eigenvalue weighted by molar-refractivity contribution is 9.10. The van der Waals surface area contributed by atoms with Gasteiger partial charge in [-0.2, -0.15) is 13.2 Å². The topological polar surface area (TPSA) is 69.6 Å². The van der Waals surface area contributed by atoms with Gasteiger partial charge in [-0.3, -0.25) is 4.79 Å². The van der Waals surface area contributed by atoms with Crippen molar-refractivity contribution in [1.29, 1.82) is 0 Å². The lowest BCUT2D eigenvalue weighted by molar-refractivity contribution is -0.148. The molecule has 0 fully saturated rings. The Balaban J connectivity index is 2.84. The number of carboxylic acids is 1. The molecule has 0 atom stereocenters. The molecule has 0 aromatic heterocycles. The van der Waals surface area contributed by atoms with Gasteiger partial charge in [-0.25, -0.2) is 4.79 Å². The molecule has 21 heavy (non-hydrogen) atoms. The van der Waals surface area contributed by atoms with Gasteiger partial charge >= 0.3 is 18.2 Å². The number of nitrogens with zero attached hydrogens (tertiary/aromatic N) is 1. The van der Waals surface area contributed by atoms with Gasteiger partial charge in [0.25, 0.3) is 0 Å². The van der Waals surface area contributed by atoms with E-state index in [4.69, 9.17) is 16.7 Å². The molecule has 0 bridgehead atoms. The van der Waals surface area contributed by atoms with E-state index in [2.05, 4.69) is 21.2 Å². The summed E-state index contributed by atoms with van der Waals surface area (Å²) >= 11 is 8.83. The first-order chi connectivity index (χ1) is 9.58. The number of benzene rings is 1. The van der Waals surface area contributed by atoms with E-state index in [1.54, 1.807) is 0 Å². The number of rotatable bonds is 4. The first kappa shape index (κ1) is 17.6. The van der Waals surface area contributed by atoms with E-state index < -0.39 is 31.3 Å². The quantitative estimate of drug-likeness (QED) is 0.827. The zero-order chi connectivity index (χ0) is 16.2. The number of carboxylic acid groups (broad SMARTS) is 1. The van der Waals surface area contributed by atoms with Crippen LogP contribution in [0.5, 0.6) is 0 Å². The summed E-state index contributed by atoms with van der Waals surface area (Å²) in [6.07, 6.45) is -4.70. The van der Waals surface area contributed by atoms with Crippen molar-refractivity contribution in [2.75, 3.05) is 18.4 Å². The fraction of sp³-hybridized carbons (Fsp3) is 0.273. The summed E-state index contributed by atoms with van der Waals surface area (Å²) in [6.45, 7) is -2.74. The van der Waals surface area contributed by atoms with Crippen LogP contribution in [-0.2, 0) is 4.79 Å². The first-order valence-electron chi connectivity index (χ1n) is 5.38. The Kier molecular flexibility index (Phi) is 5.85. The smallest absolute Gasteiger partial charge is 0.406 e. The maximum absolute atomic E-state index is 12.3. The van der Waals surface area contributed by atoms with Crippen LogP contribution >= 0.6 is 27.5 Å². The van der Waals surface area contributed by atoms with Crippen LogP contribution in [0, 0.1) is 0 Å². The van der Waals surface area contributed by atoms with Crippen molar-refractivity contribution in [1.82, 2.24) is 4.90 Å². The highest BCUT2D eigenvalue weighted by atomic mass is 79.9. The second-order valence-electron chi connectivity index (χ2n) is 3.92. The molecular weight excluding hydrogens is 380 g/mol. The average Bonchev–Trinajstić information content (AvgIpc) is 2.30. The van der Waals surface area contributed by atoms with Crippen molar-refractivity contribution >= 4 is 45.2 Å². The van der Waals surface area contributed by atoms with E-state index in [9.17, 15) is 22.8 Å². The monoisotopic (exact) mass is 388 g/mol. The van der Waals surface area contributed by atoms with Gasteiger partial charge in [0.15, 0.2) is 0 Å². The molecule has 5 nitrogen and oxygen atoms in total. The number of nitrogens with one attached hydrogen (secondary N) is 1. The molecular formula is C11H9BrClF3N2O3. The SMILES string of the molecule is O=C(O)CN(CC(F)(F)F)C(=O)Nc1ccc(Cl)c(Br)c1. The molecule has 0 saturated carbocycles.